The van der Waals surface area contributed by atoms with E-state index in [9.17, 15) is 0 Å². The predicted molar refractivity (Wildman–Crippen MR) is 127 cm³/mol. The Balaban J connectivity index is 2.02. The van der Waals surface area contributed by atoms with Crippen LogP contribution in [0.3, 0.4) is 0 Å². The summed E-state index contributed by atoms with van der Waals surface area (Å²) in [4.78, 5) is 0. The Morgan fingerprint density at radius 2 is 1.07 bits per heavy atom. The SMILES string of the molecule is CC(C)CCCCCCCCCCCCC(CCCCN)Cc1ccccc1. The van der Waals surface area contributed by atoms with Crippen molar-refractivity contribution >= 4 is 0 Å². The van der Waals surface area contributed by atoms with E-state index in [0.717, 1.165) is 18.4 Å². The first-order chi connectivity index (χ1) is 13.7. The minimum atomic E-state index is 0.843. The van der Waals surface area contributed by atoms with Gasteiger partial charge in [0.1, 0.15) is 0 Å². The minimum Gasteiger partial charge on any atom is -0.330 e. The molecule has 0 saturated carbocycles. The Labute approximate surface area is 176 Å². The maximum absolute atomic E-state index is 5.69. The third-order valence-electron chi connectivity index (χ3n) is 6.08. The molecule has 1 unspecified atom stereocenters. The van der Waals surface area contributed by atoms with Gasteiger partial charge in [0.15, 0.2) is 0 Å². The Hall–Kier alpha value is -0.820. The Morgan fingerprint density at radius 1 is 0.607 bits per heavy atom. The summed E-state index contributed by atoms with van der Waals surface area (Å²) in [5, 5.41) is 0. The lowest BCUT2D eigenvalue weighted by atomic mass is 9.89. The third-order valence-corrected chi connectivity index (χ3v) is 6.08. The van der Waals surface area contributed by atoms with E-state index in [2.05, 4.69) is 44.2 Å². The lowest BCUT2D eigenvalue weighted by molar-refractivity contribution is 0.405. The van der Waals surface area contributed by atoms with Gasteiger partial charge >= 0.3 is 0 Å². The van der Waals surface area contributed by atoms with E-state index in [1.165, 1.54) is 108 Å². The van der Waals surface area contributed by atoms with Gasteiger partial charge in [-0.05, 0) is 36.8 Å². The van der Waals surface area contributed by atoms with E-state index in [0.29, 0.717) is 0 Å². The molecule has 1 heteroatoms. The quantitative estimate of drug-likeness (QED) is 0.237. The molecule has 1 aromatic carbocycles. The second kappa shape index (κ2) is 18.2. The van der Waals surface area contributed by atoms with Gasteiger partial charge in [-0.1, -0.05) is 134 Å². The van der Waals surface area contributed by atoms with Gasteiger partial charge in [-0.2, -0.15) is 0 Å². The zero-order valence-corrected chi connectivity index (χ0v) is 19.1. The second-order valence-electron chi connectivity index (χ2n) is 9.35. The second-order valence-corrected chi connectivity index (χ2v) is 9.35. The summed E-state index contributed by atoms with van der Waals surface area (Å²) in [5.74, 6) is 1.73. The number of benzene rings is 1. The standard InChI is InChI=1S/C27H49N/c1-25(2)18-12-9-7-5-3-4-6-8-10-13-19-27(22-16-17-23-28)24-26-20-14-11-15-21-26/h11,14-15,20-21,25,27H,3-10,12-13,16-19,22-24,28H2,1-2H3. The van der Waals surface area contributed by atoms with Gasteiger partial charge in [0.25, 0.3) is 0 Å². The first-order valence-corrected chi connectivity index (χ1v) is 12.5. The van der Waals surface area contributed by atoms with Crippen LogP contribution in [0.15, 0.2) is 30.3 Å². The maximum atomic E-state index is 5.69. The van der Waals surface area contributed by atoms with Crippen LogP contribution in [0.5, 0.6) is 0 Å². The van der Waals surface area contributed by atoms with Crippen LogP contribution in [0.25, 0.3) is 0 Å². The van der Waals surface area contributed by atoms with E-state index in [-0.39, 0.29) is 0 Å². The van der Waals surface area contributed by atoms with Gasteiger partial charge < -0.3 is 5.73 Å². The van der Waals surface area contributed by atoms with Gasteiger partial charge in [-0.25, -0.2) is 0 Å². The molecule has 0 aromatic heterocycles. The molecule has 0 spiro atoms. The van der Waals surface area contributed by atoms with Gasteiger partial charge in [-0.15, -0.1) is 0 Å². The molecule has 0 fully saturated rings. The highest BCUT2D eigenvalue weighted by molar-refractivity contribution is 5.15. The Morgan fingerprint density at radius 3 is 1.57 bits per heavy atom. The zero-order chi connectivity index (χ0) is 20.3. The summed E-state index contributed by atoms with van der Waals surface area (Å²) < 4.78 is 0. The van der Waals surface area contributed by atoms with Crippen molar-refractivity contribution in [2.75, 3.05) is 6.54 Å². The minimum absolute atomic E-state index is 0.843. The van der Waals surface area contributed by atoms with E-state index in [1.54, 1.807) is 0 Å². The van der Waals surface area contributed by atoms with Gasteiger partial charge in [0.05, 0.1) is 0 Å². The van der Waals surface area contributed by atoms with Gasteiger partial charge in [0.2, 0.25) is 0 Å². The van der Waals surface area contributed by atoms with Crippen molar-refractivity contribution in [3.05, 3.63) is 35.9 Å². The summed E-state index contributed by atoms with van der Waals surface area (Å²) in [6.07, 6.45) is 22.3. The molecule has 0 aliphatic rings. The average molecular weight is 388 g/mol. The van der Waals surface area contributed by atoms with Crippen LogP contribution in [-0.4, -0.2) is 6.54 Å². The van der Waals surface area contributed by atoms with Gasteiger partial charge in [0, 0.05) is 0 Å². The molecule has 1 nitrogen and oxygen atoms in total. The summed E-state index contributed by atoms with van der Waals surface area (Å²) in [6, 6.07) is 11.1. The molecule has 0 aliphatic heterocycles. The van der Waals surface area contributed by atoms with E-state index >= 15 is 0 Å². The molecule has 28 heavy (non-hydrogen) atoms. The van der Waals surface area contributed by atoms with Crippen LogP contribution < -0.4 is 5.73 Å². The topological polar surface area (TPSA) is 26.0 Å². The van der Waals surface area contributed by atoms with Crippen molar-refractivity contribution < 1.29 is 0 Å². The van der Waals surface area contributed by atoms with Crippen LogP contribution >= 0.6 is 0 Å². The van der Waals surface area contributed by atoms with Crippen LogP contribution in [-0.2, 0) is 6.42 Å². The molecule has 2 N–H and O–H groups in total. The van der Waals surface area contributed by atoms with Gasteiger partial charge in [-0.3, -0.25) is 0 Å². The number of hydrogen-bond donors (Lipinski definition) is 1. The highest BCUT2D eigenvalue weighted by Crippen LogP contribution is 2.22. The van der Waals surface area contributed by atoms with Crippen molar-refractivity contribution in [2.45, 2.75) is 117 Å². The number of unbranched alkanes of at least 4 members (excludes halogenated alkanes) is 10. The normalized spacial score (nSPS) is 12.6. The zero-order valence-electron chi connectivity index (χ0n) is 19.1. The average Bonchev–Trinajstić information content (AvgIpc) is 2.69. The predicted octanol–water partition coefficient (Wildman–Crippen LogP) is 8.31. The van der Waals surface area contributed by atoms with Crippen LogP contribution in [0.1, 0.15) is 116 Å². The molecular formula is C27H49N. The fraction of sp³-hybridized carbons (Fsp3) is 0.778. The molecule has 0 bridgehead atoms. The monoisotopic (exact) mass is 387 g/mol. The summed E-state index contributed by atoms with van der Waals surface area (Å²) in [7, 11) is 0. The molecule has 0 radical (unpaired) electrons. The summed E-state index contributed by atoms with van der Waals surface area (Å²) in [6.45, 7) is 5.52. The van der Waals surface area contributed by atoms with E-state index in [4.69, 9.17) is 5.73 Å². The van der Waals surface area contributed by atoms with Crippen molar-refractivity contribution in [3.63, 3.8) is 0 Å². The summed E-state index contributed by atoms with van der Waals surface area (Å²) >= 11 is 0. The molecule has 1 rings (SSSR count). The smallest absolute Gasteiger partial charge is 0.00773 e. The maximum Gasteiger partial charge on any atom is -0.00773 e. The third kappa shape index (κ3) is 15.1. The molecule has 0 aliphatic carbocycles. The molecule has 0 heterocycles. The van der Waals surface area contributed by atoms with Crippen LogP contribution in [0.2, 0.25) is 0 Å². The molecule has 1 aromatic rings. The van der Waals surface area contributed by atoms with Crippen molar-refractivity contribution in [3.8, 4) is 0 Å². The molecule has 162 valence electrons. The van der Waals surface area contributed by atoms with Crippen molar-refractivity contribution in [1.29, 1.82) is 0 Å². The molecule has 0 saturated heterocycles. The van der Waals surface area contributed by atoms with Crippen LogP contribution in [0.4, 0.5) is 0 Å². The number of hydrogen-bond acceptors (Lipinski definition) is 1. The number of nitrogens with two attached hydrogens (primary N) is 1. The van der Waals surface area contributed by atoms with E-state index in [1.807, 2.05) is 0 Å². The molecule has 0 amide bonds. The highest BCUT2D eigenvalue weighted by Gasteiger charge is 2.09. The first kappa shape index (κ1) is 25.2. The summed E-state index contributed by atoms with van der Waals surface area (Å²) in [5.41, 5.74) is 7.20. The van der Waals surface area contributed by atoms with E-state index < -0.39 is 0 Å². The highest BCUT2D eigenvalue weighted by atomic mass is 14.5. The first-order valence-electron chi connectivity index (χ1n) is 12.5. The van der Waals surface area contributed by atoms with Crippen molar-refractivity contribution in [2.24, 2.45) is 17.6 Å². The molecule has 1 atom stereocenters. The largest absolute Gasteiger partial charge is 0.330 e. The Kier molecular flexibility index (Phi) is 16.4. The lowest BCUT2D eigenvalue weighted by Gasteiger charge is -2.17. The fourth-order valence-corrected chi connectivity index (χ4v) is 4.27. The fourth-order valence-electron chi connectivity index (χ4n) is 4.27. The number of rotatable bonds is 19. The lowest BCUT2D eigenvalue weighted by Crippen LogP contribution is -2.07. The van der Waals surface area contributed by atoms with Crippen LogP contribution in [0, 0.1) is 11.8 Å². The Bertz CT molecular complexity index is 425. The van der Waals surface area contributed by atoms with Crippen molar-refractivity contribution in [1.82, 2.24) is 0 Å². The molecular weight excluding hydrogens is 338 g/mol.